The second-order valence-corrected chi connectivity index (χ2v) is 4.30. The van der Waals surface area contributed by atoms with Gasteiger partial charge in [0.1, 0.15) is 5.78 Å². The third kappa shape index (κ3) is 3.39. The van der Waals surface area contributed by atoms with Gasteiger partial charge in [0.05, 0.1) is 13.2 Å². The smallest absolute Gasteiger partial charge is 0.132 e. The van der Waals surface area contributed by atoms with Crippen molar-refractivity contribution in [3.8, 4) is 0 Å². The number of carbonyl (C=O) groups excluding carboxylic acids is 1. The van der Waals surface area contributed by atoms with Crippen LogP contribution in [0.2, 0.25) is 0 Å². The predicted molar refractivity (Wildman–Crippen MR) is 56.4 cm³/mol. The van der Waals surface area contributed by atoms with Gasteiger partial charge in [-0.1, -0.05) is 0 Å². The van der Waals surface area contributed by atoms with Gasteiger partial charge in [-0.05, 0) is 27.2 Å². The lowest BCUT2D eigenvalue weighted by Gasteiger charge is -2.43. The first-order valence-corrected chi connectivity index (χ1v) is 5.44. The first-order chi connectivity index (χ1) is 6.61. The summed E-state index contributed by atoms with van der Waals surface area (Å²) in [6.45, 7) is 8.58. The minimum Gasteiger partial charge on any atom is -0.379 e. The Kier molecular flexibility index (Phi) is 4.55. The fourth-order valence-corrected chi connectivity index (χ4v) is 1.75. The molecule has 1 rings (SSSR count). The quantitative estimate of drug-likeness (QED) is 0.607. The molecule has 1 aliphatic rings. The molecular weight excluding hydrogens is 178 g/mol. The number of carbonyl (C=O) groups is 1. The Hall–Kier alpha value is -0.410. The Balaban J connectivity index is 2.05. The van der Waals surface area contributed by atoms with Crippen LogP contribution in [0.3, 0.4) is 0 Å². The summed E-state index contributed by atoms with van der Waals surface area (Å²) in [5.74, 6) is 0.208. The zero-order valence-corrected chi connectivity index (χ0v) is 9.45. The van der Waals surface area contributed by atoms with Gasteiger partial charge in [-0.3, -0.25) is 9.69 Å². The van der Waals surface area contributed by atoms with E-state index in [2.05, 4.69) is 18.7 Å². The normalized spacial score (nSPS) is 22.4. The topological polar surface area (TPSA) is 29.5 Å². The SMILES string of the molecule is CC(=O)CCOC[C@@H]1CCN1C(C)C. The number of Topliss-reactive ketones (excluding diaryl/α,β-unsaturated/α-hetero) is 1. The highest BCUT2D eigenvalue weighted by molar-refractivity contribution is 5.75. The van der Waals surface area contributed by atoms with Crippen LogP contribution in [-0.2, 0) is 9.53 Å². The van der Waals surface area contributed by atoms with E-state index in [1.807, 2.05) is 0 Å². The third-order valence-electron chi connectivity index (χ3n) is 2.76. The number of nitrogens with zero attached hydrogens (tertiary/aromatic N) is 1. The number of ether oxygens (including phenoxy) is 1. The van der Waals surface area contributed by atoms with Crippen molar-refractivity contribution in [3.05, 3.63) is 0 Å². The molecule has 3 nitrogen and oxygen atoms in total. The molecular formula is C11H21NO2. The molecule has 1 aliphatic heterocycles. The maximum absolute atomic E-state index is 10.7. The molecule has 1 fully saturated rings. The summed E-state index contributed by atoms with van der Waals surface area (Å²) in [6, 6.07) is 1.20. The van der Waals surface area contributed by atoms with E-state index in [1.165, 1.54) is 13.0 Å². The number of likely N-dealkylation sites (tertiary alicyclic amines) is 1. The summed E-state index contributed by atoms with van der Waals surface area (Å²) in [6.07, 6.45) is 1.78. The lowest BCUT2D eigenvalue weighted by molar-refractivity contribution is -0.118. The van der Waals surface area contributed by atoms with Gasteiger partial charge in [0.2, 0.25) is 0 Å². The minimum absolute atomic E-state index is 0.208. The molecule has 0 unspecified atom stereocenters. The highest BCUT2D eigenvalue weighted by atomic mass is 16.5. The molecule has 3 heteroatoms. The van der Waals surface area contributed by atoms with Gasteiger partial charge in [0.15, 0.2) is 0 Å². The molecule has 14 heavy (non-hydrogen) atoms. The van der Waals surface area contributed by atoms with Gasteiger partial charge >= 0.3 is 0 Å². The first kappa shape index (κ1) is 11.7. The highest BCUT2D eigenvalue weighted by Gasteiger charge is 2.29. The van der Waals surface area contributed by atoms with Gasteiger partial charge in [-0.15, -0.1) is 0 Å². The van der Waals surface area contributed by atoms with E-state index in [4.69, 9.17) is 4.74 Å². The fraction of sp³-hybridized carbons (Fsp3) is 0.909. The third-order valence-corrected chi connectivity index (χ3v) is 2.76. The zero-order chi connectivity index (χ0) is 10.6. The van der Waals surface area contributed by atoms with Crippen molar-refractivity contribution in [1.29, 1.82) is 0 Å². The van der Waals surface area contributed by atoms with Gasteiger partial charge in [0.25, 0.3) is 0 Å². The van der Waals surface area contributed by atoms with Gasteiger partial charge in [-0.25, -0.2) is 0 Å². The van der Waals surface area contributed by atoms with Crippen LogP contribution in [0, 0.1) is 0 Å². The summed E-state index contributed by atoms with van der Waals surface area (Å²) in [4.78, 5) is 13.1. The predicted octanol–water partition coefficient (Wildman–Crippen LogP) is 1.46. The molecule has 0 aromatic heterocycles. The molecule has 0 amide bonds. The first-order valence-electron chi connectivity index (χ1n) is 5.44. The molecule has 1 saturated heterocycles. The van der Waals surface area contributed by atoms with E-state index in [-0.39, 0.29) is 5.78 Å². The van der Waals surface area contributed by atoms with E-state index in [1.54, 1.807) is 6.92 Å². The van der Waals surface area contributed by atoms with E-state index in [9.17, 15) is 4.79 Å². The van der Waals surface area contributed by atoms with Crippen LogP contribution >= 0.6 is 0 Å². The Morgan fingerprint density at radius 2 is 2.29 bits per heavy atom. The van der Waals surface area contributed by atoms with Crippen molar-refractivity contribution in [2.45, 2.75) is 45.7 Å². The summed E-state index contributed by atoms with van der Waals surface area (Å²) in [5, 5.41) is 0. The van der Waals surface area contributed by atoms with Crippen LogP contribution in [0.15, 0.2) is 0 Å². The van der Waals surface area contributed by atoms with Crippen molar-refractivity contribution >= 4 is 5.78 Å². The van der Waals surface area contributed by atoms with Crippen molar-refractivity contribution < 1.29 is 9.53 Å². The molecule has 1 atom stereocenters. The number of hydrogen-bond acceptors (Lipinski definition) is 3. The Labute approximate surface area is 86.4 Å². The van der Waals surface area contributed by atoms with E-state index >= 15 is 0 Å². The summed E-state index contributed by atoms with van der Waals surface area (Å²) in [7, 11) is 0. The van der Waals surface area contributed by atoms with Crippen LogP contribution in [0.5, 0.6) is 0 Å². The molecule has 0 aromatic carbocycles. The second-order valence-electron chi connectivity index (χ2n) is 4.30. The van der Waals surface area contributed by atoms with Crippen LogP contribution in [0.1, 0.15) is 33.6 Å². The standard InChI is InChI=1S/C11H21NO2/c1-9(2)12-6-4-11(12)8-14-7-5-10(3)13/h9,11H,4-8H2,1-3H3/t11-/m0/s1. The summed E-state index contributed by atoms with van der Waals surface area (Å²) < 4.78 is 5.47. The van der Waals surface area contributed by atoms with Crippen LogP contribution in [0.25, 0.3) is 0 Å². The van der Waals surface area contributed by atoms with Crippen molar-refractivity contribution in [2.24, 2.45) is 0 Å². The van der Waals surface area contributed by atoms with Crippen LogP contribution < -0.4 is 0 Å². The monoisotopic (exact) mass is 199 g/mol. The van der Waals surface area contributed by atoms with Gasteiger partial charge < -0.3 is 4.74 Å². The van der Waals surface area contributed by atoms with E-state index < -0.39 is 0 Å². The number of rotatable bonds is 6. The maximum atomic E-state index is 10.7. The Morgan fingerprint density at radius 3 is 2.71 bits per heavy atom. The lowest BCUT2D eigenvalue weighted by Crippen LogP contribution is -2.53. The molecule has 0 radical (unpaired) electrons. The molecule has 0 N–H and O–H groups in total. The average Bonchev–Trinajstić information content (AvgIpc) is 1.99. The maximum Gasteiger partial charge on any atom is 0.132 e. The Bertz CT molecular complexity index is 192. The molecule has 0 saturated carbocycles. The van der Waals surface area contributed by atoms with Crippen molar-refractivity contribution in [1.82, 2.24) is 4.90 Å². The fourth-order valence-electron chi connectivity index (χ4n) is 1.75. The van der Waals surface area contributed by atoms with Crippen LogP contribution in [0.4, 0.5) is 0 Å². The lowest BCUT2D eigenvalue weighted by atomic mass is 10.0. The highest BCUT2D eigenvalue weighted by Crippen LogP contribution is 2.20. The Morgan fingerprint density at radius 1 is 1.57 bits per heavy atom. The van der Waals surface area contributed by atoms with Gasteiger partial charge in [-0.2, -0.15) is 0 Å². The summed E-state index contributed by atoms with van der Waals surface area (Å²) >= 11 is 0. The summed E-state index contributed by atoms with van der Waals surface area (Å²) in [5.41, 5.74) is 0. The van der Waals surface area contributed by atoms with E-state index in [0.29, 0.717) is 25.1 Å². The minimum atomic E-state index is 0.208. The van der Waals surface area contributed by atoms with Crippen molar-refractivity contribution in [3.63, 3.8) is 0 Å². The van der Waals surface area contributed by atoms with Crippen molar-refractivity contribution in [2.75, 3.05) is 19.8 Å². The van der Waals surface area contributed by atoms with E-state index in [0.717, 1.165) is 6.61 Å². The molecule has 0 spiro atoms. The van der Waals surface area contributed by atoms with Gasteiger partial charge in [0, 0.05) is 25.0 Å². The second kappa shape index (κ2) is 5.47. The molecule has 1 heterocycles. The molecule has 82 valence electrons. The molecule has 0 bridgehead atoms. The molecule has 0 aromatic rings. The number of ketones is 1. The van der Waals surface area contributed by atoms with Crippen LogP contribution in [-0.4, -0.2) is 42.5 Å². The largest absolute Gasteiger partial charge is 0.379 e. The molecule has 0 aliphatic carbocycles. The number of hydrogen-bond donors (Lipinski definition) is 0. The average molecular weight is 199 g/mol. The zero-order valence-electron chi connectivity index (χ0n) is 9.45.